The van der Waals surface area contributed by atoms with Crippen LogP contribution in [-0.4, -0.2) is 29.0 Å². The molecule has 0 unspecified atom stereocenters. The highest BCUT2D eigenvalue weighted by molar-refractivity contribution is 5.99. The number of carbonyl (C=O) groups is 1. The Bertz CT molecular complexity index is 526. The number of nitrogen functional groups attached to an aromatic ring is 1. The maximum atomic E-state index is 12.5. The Labute approximate surface area is 116 Å². The van der Waals surface area contributed by atoms with Crippen molar-refractivity contribution in [2.75, 3.05) is 12.8 Å². The number of hydrogen-bond acceptors (Lipinski definition) is 5. The second kappa shape index (κ2) is 5.87. The van der Waals surface area contributed by atoms with E-state index >= 15 is 0 Å². The zero-order valence-corrected chi connectivity index (χ0v) is 11.2. The predicted octanol–water partition coefficient (Wildman–Crippen LogP) is 2.12. The minimum Gasteiger partial charge on any atom is -0.398 e. The third kappa shape index (κ3) is 2.72. The van der Waals surface area contributed by atoms with Crippen molar-refractivity contribution in [2.24, 2.45) is 0 Å². The van der Waals surface area contributed by atoms with Gasteiger partial charge in [-0.1, -0.05) is 12.8 Å². The summed E-state index contributed by atoms with van der Waals surface area (Å²) >= 11 is 0. The highest BCUT2D eigenvalue weighted by Crippen LogP contribution is 2.27. The lowest BCUT2D eigenvalue weighted by Gasteiger charge is -2.26. The van der Waals surface area contributed by atoms with Crippen molar-refractivity contribution in [3.63, 3.8) is 0 Å². The molecule has 0 atom stereocenters. The zero-order valence-electron chi connectivity index (χ0n) is 11.2. The third-order valence-electron chi connectivity index (χ3n) is 3.53. The van der Waals surface area contributed by atoms with Crippen LogP contribution >= 0.6 is 0 Å². The Balaban J connectivity index is 2.30. The lowest BCUT2D eigenvalue weighted by molar-refractivity contribution is -0.384. The zero-order chi connectivity index (χ0) is 14.7. The van der Waals surface area contributed by atoms with Crippen molar-refractivity contribution in [2.45, 2.75) is 31.7 Å². The molecule has 1 aromatic carbocycles. The molecule has 0 aliphatic heterocycles. The fourth-order valence-electron chi connectivity index (χ4n) is 2.50. The van der Waals surface area contributed by atoms with E-state index in [0.717, 1.165) is 25.7 Å². The number of benzene rings is 1. The average Bonchev–Trinajstić information content (AvgIpc) is 2.93. The van der Waals surface area contributed by atoms with Gasteiger partial charge >= 0.3 is 0 Å². The SMILES string of the molecule is CON(C(=O)c1cc([N+](=O)[O-])ccc1N)C1CCCC1. The predicted molar refractivity (Wildman–Crippen MR) is 72.9 cm³/mol. The summed E-state index contributed by atoms with van der Waals surface area (Å²) in [5, 5.41) is 12.1. The Hall–Kier alpha value is -2.15. The third-order valence-corrected chi connectivity index (χ3v) is 3.53. The van der Waals surface area contributed by atoms with Gasteiger partial charge in [0.05, 0.1) is 23.6 Å². The van der Waals surface area contributed by atoms with Gasteiger partial charge in [-0.2, -0.15) is 0 Å². The fourth-order valence-corrected chi connectivity index (χ4v) is 2.50. The van der Waals surface area contributed by atoms with Crippen LogP contribution in [0, 0.1) is 10.1 Å². The van der Waals surface area contributed by atoms with Crippen molar-refractivity contribution in [1.29, 1.82) is 0 Å². The van der Waals surface area contributed by atoms with Crippen molar-refractivity contribution >= 4 is 17.3 Å². The number of amides is 1. The summed E-state index contributed by atoms with van der Waals surface area (Å²) in [6.07, 6.45) is 3.83. The molecule has 0 radical (unpaired) electrons. The molecule has 1 saturated carbocycles. The van der Waals surface area contributed by atoms with E-state index in [1.165, 1.54) is 30.4 Å². The minimum absolute atomic E-state index is 0.00571. The number of anilines is 1. The van der Waals surface area contributed by atoms with Gasteiger partial charge in [0.2, 0.25) is 0 Å². The molecule has 0 heterocycles. The minimum atomic E-state index is -0.553. The second-order valence-electron chi connectivity index (χ2n) is 4.78. The summed E-state index contributed by atoms with van der Waals surface area (Å²) in [7, 11) is 1.42. The van der Waals surface area contributed by atoms with Gasteiger partial charge in [-0.25, -0.2) is 5.06 Å². The number of nitrogens with zero attached hydrogens (tertiary/aromatic N) is 2. The molecule has 0 spiro atoms. The Kier molecular flexibility index (Phi) is 4.19. The van der Waals surface area contributed by atoms with Gasteiger partial charge in [0.1, 0.15) is 0 Å². The summed E-state index contributed by atoms with van der Waals surface area (Å²) in [5.74, 6) is -0.430. The van der Waals surface area contributed by atoms with Crippen LogP contribution in [0.1, 0.15) is 36.0 Å². The van der Waals surface area contributed by atoms with Gasteiger partial charge in [-0.3, -0.25) is 19.7 Å². The van der Waals surface area contributed by atoms with Gasteiger partial charge in [0.15, 0.2) is 0 Å². The molecule has 0 aromatic heterocycles. The Morgan fingerprint density at radius 3 is 2.65 bits per heavy atom. The number of hydrogen-bond donors (Lipinski definition) is 1. The monoisotopic (exact) mass is 279 g/mol. The number of nitro groups is 1. The van der Waals surface area contributed by atoms with Crippen molar-refractivity contribution in [3.8, 4) is 0 Å². The van der Waals surface area contributed by atoms with Gasteiger partial charge in [0.25, 0.3) is 11.6 Å². The van der Waals surface area contributed by atoms with Crippen LogP contribution in [0.5, 0.6) is 0 Å². The maximum absolute atomic E-state index is 12.5. The summed E-state index contributed by atoms with van der Waals surface area (Å²) in [6, 6.07) is 3.84. The van der Waals surface area contributed by atoms with Crippen LogP contribution in [0.2, 0.25) is 0 Å². The molecule has 1 amide bonds. The number of hydroxylamine groups is 2. The standard InChI is InChI=1S/C13H17N3O4/c1-20-15(9-4-2-3-5-9)13(17)11-8-10(16(18)19)6-7-12(11)14/h6-9H,2-5,14H2,1H3. The summed E-state index contributed by atoms with van der Waals surface area (Å²) < 4.78 is 0. The summed E-state index contributed by atoms with van der Waals surface area (Å²) in [6.45, 7) is 0. The lowest BCUT2D eigenvalue weighted by Crippen LogP contribution is -2.38. The first-order valence-corrected chi connectivity index (χ1v) is 6.46. The average molecular weight is 279 g/mol. The smallest absolute Gasteiger partial charge is 0.280 e. The van der Waals surface area contributed by atoms with Crippen molar-refractivity contribution in [1.82, 2.24) is 5.06 Å². The molecule has 2 N–H and O–H groups in total. The molecular weight excluding hydrogens is 262 g/mol. The van der Waals surface area contributed by atoms with Gasteiger partial charge in [-0.15, -0.1) is 0 Å². The van der Waals surface area contributed by atoms with Gasteiger partial charge in [-0.05, 0) is 18.9 Å². The topological polar surface area (TPSA) is 98.7 Å². The van der Waals surface area contributed by atoms with Crippen molar-refractivity contribution in [3.05, 3.63) is 33.9 Å². The van der Waals surface area contributed by atoms with Crippen LogP contribution in [-0.2, 0) is 4.84 Å². The number of rotatable bonds is 4. The van der Waals surface area contributed by atoms with E-state index in [4.69, 9.17) is 10.6 Å². The van der Waals surface area contributed by atoms with Gasteiger partial charge < -0.3 is 5.73 Å². The van der Waals surface area contributed by atoms with E-state index in [0.29, 0.717) is 0 Å². The van der Waals surface area contributed by atoms with Crippen molar-refractivity contribution < 1.29 is 14.6 Å². The molecule has 1 aliphatic carbocycles. The Morgan fingerprint density at radius 1 is 1.45 bits per heavy atom. The highest BCUT2D eigenvalue weighted by atomic mass is 16.7. The number of nitrogens with two attached hydrogens (primary N) is 1. The van der Waals surface area contributed by atoms with E-state index in [9.17, 15) is 14.9 Å². The molecule has 7 heteroatoms. The van der Waals surface area contributed by atoms with Crippen LogP contribution in [0.25, 0.3) is 0 Å². The molecule has 1 aromatic rings. The number of nitro benzene ring substituents is 1. The molecule has 2 rings (SSSR count). The van der Waals surface area contributed by atoms with E-state index < -0.39 is 10.8 Å². The van der Waals surface area contributed by atoms with E-state index in [1.54, 1.807) is 0 Å². The Morgan fingerprint density at radius 2 is 2.10 bits per heavy atom. The quantitative estimate of drug-likeness (QED) is 0.517. The molecule has 20 heavy (non-hydrogen) atoms. The highest BCUT2D eigenvalue weighted by Gasteiger charge is 2.29. The van der Waals surface area contributed by atoms with E-state index in [1.807, 2.05) is 0 Å². The first kappa shape index (κ1) is 14.3. The maximum Gasteiger partial charge on any atom is 0.280 e. The molecular formula is C13H17N3O4. The van der Waals surface area contributed by atoms with Gasteiger partial charge in [0, 0.05) is 17.8 Å². The molecule has 1 aliphatic rings. The largest absolute Gasteiger partial charge is 0.398 e. The molecule has 1 fully saturated rings. The van der Waals surface area contributed by atoms with Crippen LogP contribution < -0.4 is 5.73 Å². The normalized spacial score (nSPS) is 15.2. The van der Waals surface area contributed by atoms with Crippen LogP contribution in [0.15, 0.2) is 18.2 Å². The summed E-state index contributed by atoms with van der Waals surface area (Å²) in [5.41, 5.74) is 5.91. The molecule has 0 saturated heterocycles. The van der Waals surface area contributed by atoms with E-state index in [2.05, 4.69) is 0 Å². The second-order valence-corrected chi connectivity index (χ2v) is 4.78. The number of non-ortho nitro benzene ring substituents is 1. The van der Waals surface area contributed by atoms with Crippen LogP contribution in [0.3, 0.4) is 0 Å². The lowest BCUT2D eigenvalue weighted by atomic mass is 10.1. The molecule has 7 nitrogen and oxygen atoms in total. The summed E-state index contributed by atoms with van der Waals surface area (Å²) in [4.78, 5) is 27.9. The first-order chi connectivity index (χ1) is 9.54. The molecule has 108 valence electrons. The fraction of sp³-hybridized carbons (Fsp3) is 0.462. The first-order valence-electron chi connectivity index (χ1n) is 6.46. The van der Waals surface area contributed by atoms with E-state index in [-0.39, 0.29) is 23.0 Å². The number of carbonyl (C=O) groups excluding carboxylic acids is 1. The van der Waals surface area contributed by atoms with Crippen LogP contribution in [0.4, 0.5) is 11.4 Å². The molecule has 0 bridgehead atoms.